The molecule has 1 aromatic rings. The zero-order chi connectivity index (χ0) is 14.5. The minimum Gasteiger partial charge on any atom is -0.364 e. The van der Waals surface area contributed by atoms with Crippen LogP contribution in [-0.4, -0.2) is 46.0 Å². The lowest BCUT2D eigenvalue weighted by Crippen LogP contribution is -2.37. The zero-order valence-corrected chi connectivity index (χ0v) is 14.5. The minimum absolute atomic E-state index is 0. The van der Waals surface area contributed by atoms with Gasteiger partial charge in [0.25, 0.3) is 0 Å². The summed E-state index contributed by atoms with van der Waals surface area (Å²) in [6, 6.07) is 0. The zero-order valence-electron chi connectivity index (χ0n) is 12.9. The molecule has 2 rings (SSSR count). The summed E-state index contributed by atoms with van der Waals surface area (Å²) in [7, 11) is 0. The van der Waals surface area contributed by atoms with E-state index in [2.05, 4.69) is 29.4 Å². The Hall–Kier alpha value is -0.890. The maximum absolute atomic E-state index is 11.9. The topological polar surface area (TPSA) is 95.1 Å². The summed E-state index contributed by atoms with van der Waals surface area (Å²) in [5, 5.41) is 10.9. The highest BCUT2D eigenvalue weighted by molar-refractivity contribution is 5.85. The van der Waals surface area contributed by atoms with Gasteiger partial charge in [0.1, 0.15) is 18.3 Å². The second-order valence-corrected chi connectivity index (χ2v) is 5.39. The van der Waals surface area contributed by atoms with Crippen molar-refractivity contribution in [2.45, 2.75) is 51.4 Å². The third-order valence-corrected chi connectivity index (χ3v) is 3.48. The first-order chi connectivity index (χ1) is 9.61. The molecule has 0 radical (unpaired) electrons. The number of amides is 1. The van der Waals surface area contributed by atoms with E-state index in [1.165, 1.54) is 0 Å². The van der Waals surface area contributed by atoms with Crippen LogP contribution in [0.5, 0.6) is 0 Å². The van der Waals surface area contributed by atoms with Gasteiger partial charge in [-0.3, -0.25) is 4.79 Å². The summed E-state index contributed by atoms with van der Waals surface area (Å²) >= 11 is 0. The Bertz CT molecular complexity index is 455. The molecule has 2 heterocycles. The van der Waals surface area contributed by atoms with Crippen molar-refractivity contribution in [3.8, 4) is 0 Å². The summed E-state index contributed by atoms with van der Waals surface area (Å²) < 4.78 is 7.51. The number of carbonyl (C=O) groups excluding carboxylic acids is 1. The number of nitrogens with one attached hydrogen (secondary N) is 1. The molecule has 0 bridgehead atoms. The summed E-state index contributed by atoms with van der Waals surface area (Å²) in [5.74, 6) is 1.19. The van der Waals surface area contributed by atoms with E-state index in [9.17, 15) is 4.79 Å². The smallest absolute Gasteiger partial charge is 0.249 e. The number of hydrogen-bond donors (Lipinski definition) is 2. The van der Waals surface area contributed by atoms with E-state index >= 15 is 0 Å². The Balaban J connectivity index is 0.00000220. The average Bonchev–Trinajstić information content (AvgIpc) is 3.07. The maximum Gasteiger partial charge on any atom is 0.249 e. The third-order valence-electron chi connectivity index (χ3n) is 3.48. The molecule has 128 valence electrons. The Labute approximate surface area is 143 Å². The standard InChI is InChI=1S/C13H23N5O2.2ClH/c1-9(2)12-17-16-8-18(12)6-5-15-13(19)11-4-3-10(7-14)20-11;;/h8-11H,3-7,14H2,1-2H3,(H,15,19);2*1H/t10-,11+;;/m1../s1. The van der Waals surface area contributed by atoms with Crippen LogP contribution in [0.25, 0.3) is 0 Å². The van der Waals surface area contributed by atoms with E-state index in [4.69, 9.17) is 10.5 Å². The number of rotatable bonds is 6. The monoisotopic (exact) mass is 353 g/mol. The van der Waals surface area contributed by atoms with Gasteiger partial charge < -0.3 is 20.4 Å². The summed E-state index contributed by atoms with van der Waals surface area (Å²) in [6.07, 6.45) is 2.97. The number of aromatic nitrogens is 3. The molecule has 9 heteroatoms. The van der Waals surface area contributed by atoms with E-state index in [0.717, 1.165) is 18.7 Å². The van der Waals surface area contributed by atoms with Gasteiger partial charge in [0.2, 0.25) is 5.91 Å². The van der Waals surface area contributed by atoms with Crippen molar-refractivity contribution >= 4 is 30.7 Å². The fourth-order valence-electron chi connectivity index (χ4n) is 2.37. The first kappa shape index (κ1) is 21.1. The quantitative estimate of drug-likeness (QED) is 0.790. The third kappa shape index (κ3) is 5.39. The van der Waals surface area contributed by atoms with Crippen molar-refractivity contribution in [2.75, 3.05) is 13.1 Å². The second kappa shape index (κ2) is 9.99. The first-order valence-corrected chi connectivity index (χ1v) is 7.12. The lowest BCUT2D eigenvalue weighted by atomic mass is 10.2. The van der Waals surface area contributed by atoms with Crippen molar-refractivity contribution in [2.24, 2.45) is 5.73 Å². The van der Waals surface area contributed by atoms with Gasteiger partial charge in [-0.15, -0.1) is 35.0 Å². The lowest BCUT2D eigenvalue weighted by molar-refractivity contribution is -0.131. The number of nitrogens with zero attached hydrogens (tertiary/aromatic N) is 3. The molecule has 1 amide bonds. The fraction of sp³-hybridized carbons (Fsp3) is 0.769. The Morgan fingerprint density at radius 3 is 2.82 bits per heavy atom. The highest BCUT2D eigenvalue weighted by atomic mass is 35.5. The fourth-order valence-corrected chi connectivity index (χ4v) is 2.37. The van der Waals surface area contributed by atoms with Gasteiger partial charge >= 0.3 is 0 Å². The molecule has 0 spiro atoms. The van der Waals surface area contributed by atoms with Crippen molar-refractivity contribution in [1.29, 1.82) is 0 Å². The predicted molar refractivity (Wildman–Crippen MR) is 88.6 cm³/mol. The number of ether oxygens (including phenoxy) is 1. The van der Waals surface area contributed by atoms with Gasteiger partial charge in [-0.25, -0.2) is 0 Å². The van der Waals surface area contributed by atoms with Crippen molar-refractivity contribution in [1.82, 2.24) is 20.1 Å². The molecule has 0 unspecified atom stereocenters. The van der Waals surface area contributed by atoms with Crippen LogP contribution >= 0.6 is 24.8 Å². The van der Waals surface area contributed by atoms with Gasteiger partial charge in [0.15, 0.2) is 0 Å². The Morgan fingerprint density at radius 1 is 1.50 bits per heavy atom. The molecule has 2 atom stereocenters. The average molecular weight is 354 g/mol. The molecule has 3 N–H and O–H groups in total. The van der Waals surface area contributed by atoms with Gasteiger partial charge in [0.05, 0.1) is 6.10 Å². The molecule has 7 nitrogen and oxygen atoms in total. The molecule has 1 aromatic heterocycles. The summed E-state index contributed by atoms with van der Waals surface area (Å²) in [6.45, 7) is 5.82. The second-order valence-electron chi connectivity index (χ2n) is 5.39. The van der Waals surface area contributed by atoms with Gasteiger partial charge in [0, 0.05) is 25.6 Å². The van der Waals surface area contributed by atoms with Crippen LogP contribution in [0.3, 0.4) is 0 Å². The predicted octanol–water partition coefficient (Wildman–Crippen LogP) is 0.868. The Morgan fingerprint density at radius 2 is 2.23 bits per heavy atom. The molecule has 0 saturated carbocycles. The SMILES string of the molecule is CC(C)c1nncn1CCNC(=O)[C@@H]1CC[C@H](CN)O1.Cl.Cl. The van der Waals surface area contributed by atoms with E-state index in [1.54, 1.807) is 6.33 Å². The summed E-state index contributed by atoms with van der Waals surface area (Å²) in [5.41, 5.74) is 5.53. The molecule has 1 fully saturated rings. The number of halogens is 2. The van der Waals surface area contributed by atoms with Crippen LogP contribution in [0.15, 0.2) is 6.33 Å². The number of carbonyl (C=O) groups is 1. The number of hydrogen-bond acceptors (Lipinski definition) is 5. The minimum atomic E-state index is -0.353. The molecule has 0 aromatic carbocycles. The van der Waals surface area contributed by atoms with Crippen LogP contribution < -0.4 is 11.1 Å². The molecular weight excluding hydrogens is 329 g/mol. The van der Waals surface area contributed by atoms with Crippen molar-refractivity contribution in [3.05, 3.63) is 12.2 Å². The van der Waals surface area contributed by atoms with E-state index in [0.29, 0.717) is 25.6 Å². The van der Waals surface area contributed by atoms with Crippen LogP contribution in [0, 0.1) is 0 Å². The van der Waals surface area contributed by atoms with Crippen LogP contribution in [0.2, 0.25) is 0 Å². The molecular formula is C13H25Cl2N5O2. The molecule has 1 saturated heterocycles. The maximum atomic E-state index is 11.9. The normalized spacial score (nSPS) is 20.4. The Kier molecular flexibility index (Phi) is 9.59. The first-order valence-electron chi connectivity index (χ1n) is 7.12. The highest BCUT2D eigenvalue weighted by Crippen LogP contribution is 2.18. The van der Waals surface area contributed by atoms with E-state index in [-0.39, 0.29) is 42.9 Å². The van der Waals surface area contributed by atoms with Gasteiger partial charge in [-0.05, 0) is 12.8 Å². The highest BCUT2D eigenvalue weighted by Gasteiger charge is 2.29. The van der Waals surface area contributed by atoms with Crippen LogP contribution in [0.4, 0.5) is 0 Å². The van der Waals surface area contributed by atoms with Crippen LogP contribution in [-0.2, 0) is 16.1 Å². The van der Waals surface area contributed by atoms with Gasteiger partial charge in [-0.1, -0.05) is 13.8 Å². The number of nitrogens with two attached hydrogens (primary N) is 1. The molecule has 1 aliphatic rings. The molecule has 0 aliphatic carbocycles. The molecule has 1 aliphatic heterocycles. The summed E-state index contributed by atoms with van der Waals surface area (Å²) in [4.78, 5) is 11.9. The largest absolute Gasteiger partial charge is 0.364 e. The van der Waals surface area contributed by atoms with E-state index < -0.39 is 0 Å². The van der Waals surface area contributed by atoms with Crippen molar-refractivity contribution in [3.63, 3.8) is 0 Å². The van der Waals surface area contributed by atoms with Gasteiger partial charge in [-0.2, -0.15) is 0 Å². The van der Waals surface area contributed by atoms with Crippen molar-refractivity contribution < 1.29 is 9.53 Å². The lowest BCUT2D eigenvalue weighted by Gasteiger charge is -2.13. The molecule has 22 heavy (non-hydrogen) atoms. The van der Waals surface area contributed by atoms with Crippen LogP contribution in [0.1, 0.15) is 38.4 Å². The van der Waals surface area contributed by atoms with E-state index in [1.807, 2.05) is 4.57 Å².